The monoisotopic (exact) mass is 304 g/mol. The average Bonchev–Trinajstić information content (AvgIpc) is 2.99. The minimum atomic E-state index is -0.0875. The largest absolute Gasteiger partial charge is 0.495 e. The molecule has 112 valence electrons. The van der Waals surface area contributed by atoms with Gasteiger partial charge >= 0.3 is 0 Å². The van der Waals surface area contributed by atoms with E-state index in [2.05, 4.69) is 6.07 Å². The van der Waals surface area contributed by atoms with Crippen LogP contribution in [0.3, 0.4) is 0 Å². The summed E-state index contributed by atoms with van der Waals surface area (Å²) >= 11 is 1.70. The number of anilines is 1. The molecule has 0 aliphatic rings. The summed E-state index contributed by atoms with van der Waals surface area (Å²) in [5.74, 6) is 0.440. The second-order valence-electron chi connectivity index (χ2n) is 4.97. The quantitative estimate of drug-likeness (QED) is 0.864. The lowest BCUT2D eigenvalue weighted by atomic mass is 10.1. The summed E-state index contributed by atoms with van der Waals surface area (Å²) in [4.78, 5) is 15.6. The van der Waals surface area contributed by atoms with E-state index in [-0.39, 0.29) is 11.9 Å². The molecule has 0 spiro atoms. The van der Waals surface area contributed by atoms with E-state index in [1.54, 1.807) is 48.6 Å². The summed E-state index contributed by atoms with van der Waals surface area (Å²) in [6.07, 6.45) is 0.837. The van der Waals surface area contributed by atoms with Gasteiger partial charge in [0, 0.05) is 24.4 Å². The Morgan fingerprint density at radius 2 is 2.14 bits per heavy atom. The minimum Gasteiger partial charge on any atom is -0.495 e. The molecule has 0 saturated heterocycles. The van der Waals surface area contributed by atoms with Crippen LogP contribution in [0.1, 0.15) is 22.2 Å². The molecule has 0 fully saturated rings. The van der Waals surface area contributed by atoms with Crippen LogP contribution < -0.4 is 10.5 Å². The molecule has 1 heterocycles. The highest BCUT2D eigenvalue weighted by molar-refractivity contribution is 7.09. The summed E-state index contributed by atoms with van der Waals surface area (Å²) in [6.45, 7) is 2.04. The fraction of sp³-hybridized carbons (Fsp3) is 0.312. The minimum absolute atomic E-state index is 0.0875. The van der Waals surface area contributed by atoms with Crippen molar-refractivity contribution >= 4 is 22.9 Å². The smallest absolute Gasteiger partial charge is 0.256 e. The number of nitrogens with zero attached hydrogens (tertiary/aromatic N) is 1. The Morgan fingerprint density at radius 3 is 2.76 bits per heavy atom. The maximum atomic E-state index is 12.6. The molecular formula is C16H20N2O2S. The summed E-state index contributed by atoms with van der Waals surface area (Å²) in [5.41, 5.74) is 6.87. The van der Waals surface area contributed by atoms with Gasteiger partial charge in [-0.05, 0) is 30.5 Å². The number of benzene rings is 1. The molecule has 5 heteroatoms. The molecule has 1 atom stereocenters. The van der Waals surface area contributed by atoms with Gasteiger partial charge in [0.2, 0.25) is 0 Å². The van der Waals surface area contributed by atoms with Crippen molar-refractivity contribution in [3.8, 4) is 5.75 Å². The second kappa shape index (κ2) is 6.63. The lowest BCUT2D eigenvalue weighted by molar-refractivity contribution is 0.0744. The number of nitrogen functional groups attached to an aromatic ring is 1. The van der Waals surface area contributed by atoms with Crippen LogP contribution in [0.15, 0.2) is 35.7 Å². The Balaban J connectivity index is 2.15. The fourth-order valence-corrected chi connectivity index (χ4v) is 2.98. The van der Waals surface area contributed by atoms with Gasteiger partial charge in [0.05, 0.1) is 18.4 Å². The molecule has 1 amide bonds. The molecule has 1 unspecified atom stereocenters. The van der Waals surface area contributed by atoms with E-state index in [0.717, 1.165) is 6.42 Å². The second-order valence-corrected chi connectivity index (χ2v) is 6.00. The van der Waals surface area contributed by atoms with Gasteiger partial charge in [-0.15, -0.1) is 11.3 Å². The third-order valence-corrected chi connectivity index (χ3v) is 4.47. The lowest BCUT2D eigenvalue weighted by Gasteiger charge is -2.25. The maximum absolute atomic E-state index is 12.6. The van der Waals surface area contributed by atoms with Crippen LogP contribution >= 0.6 is 11.3 Å². The van der Waals surface area contributed by atoms with Gasteiger partial charge in [0.15, 0.2) is 0 Å². The van der Waals surface area contributed by atoms with E-state index in [0.29, 0.717) is 17.0 Å². The van der Waals surface area contributed by atoms with E-state index < -0.39 is 0 Å². The van der Waals surface area contributed by atoms with E-state index in [9.17, 15) is 4.79 Å². The standard InChI is InChI=1S/C16H20N2O2S/c1-11(10-12-6-5-9-21-12)18(2)16(19)13-7-4-8-14(20-3)15(13)17/h4-9,11H,10,17H2,1-3H3. The first-order chi connectivity index (χ1) is 10.0. The van der Waals surface area contributed by atoms with E-state index >= 15 is 0 Å². The summed E-state index contributed by atoms with van der Waals surface area (Å²) in [7, 11) is 3.35. The summed E-state index contributed by atoms with van der Waals surface area (Å²) in [5, 5.41) is 2.05. The average molecular weight is 304 g/mol. The Bertz CT molecular complexity index is 611. The highest BCUT2D eigenvalue weighted by atomic mass is 32.1. The highest BCUT2D eigenvalue weighted by Gasteiger charge is 2.21. The molecule has 0 bridgehead atoms. The first-order valence-corrected chi connectivity index (χ1v) is 7.64. The fourth-order valence-electron chi connectivity index (χ4n) is 2.16. The van der Waals surface area contributed by atoms with Gasteiger partial charge in [-0.25, -0.2) is 0 Å². The van der Waals surface area contributed by atoms with Crippen LogP contribution in [0, 0.1) is 0 Å². The van der Waals surface area contributed by atoms with E-state index in [1.807, 2.05) is 18.4 Å². The SMILES string of the molecule is COc1cccc(C(=O)N(C)C(C)Cc2cccs2)c1N. The number of ether oxygens (including phenoxy) is 1. The predicted octanol–water partition coefficient (Wildman–Crippen LogP) is 3.04. The normalized spacial score (nSPS) is 12.0. The number of hydrogen-bond acceptors (Lipinski definition) is 4. The first kappa shape index (κ1) is 15.4. The van der Waals surface area contributed by atoms with Gasteiger partial charge < -0.3 is 15.4 Å². The lowest BCUT2D eigenvalue weighted by Crippen LogP contribution is -2.36. The number of thiophene rings is 1. The van der Waals surface area contributed by atoms with Crippen LogP contribution in [-0.2, 0) is 6.42 Å². The van der Waals surface area contributed by atoms with E-state index in [1.165, 1.54) is 4.88 Å². The zero-order valence-electron chi connectivity index (χ0n) is 12.5. The number of para-hydroxylation sites is 1. The van der Waals surface area contributed by atoms with Crippen molar-refractivity contribution in [2.45, 2.75) is 19.4 Å². The number of hydrogen-bond donors (Lipinski definition) is 1. The predicted molar refractivity (Wildman–Crippen MR) is 87.0 cm³/mol. The van der Waals surface area contributed by atoms with Gasteiger partial charge in [0.1, 0.15) is 5.75 Å². The molecule has 2 aromatic rings. The van der Waals surface area contributed by atoms with Crippen LogP contribution in [0.5, 0.6) is 5.75 Å². The Labute approximate surface area is 129 Å². The molecule has 0 saturated carbocycles. The van der Waals surface area contributed by atoms with Crippen molar-refractivity contribution in [1.82, 2.24) is 4.90 Å². The molecule has 2 rings (SSSR count). The molecule has 0 aliphatic carbocycles. The molecule has 1 aromatic heterocycles. The summed E-state index contributed by atoms with van der Waals surface area (Å²) < 4.78 is 5.17. The molecule has 0 aliphatic heterocycles. The van der Waals surface area contributed by atoms with Gasteiger partial charge in [-0.1, -0.05) is 12.1 Å². The Morgan fingerprint density at radius 1 is 1.38 bits per heavy atom. The van der Waals surface area contributed by atoms with Crippen molar-refractivity contribution in [1.29, 1.82) is 0 Å². The van der Waals surface area contributed by atoms with Gasteiger partial charge in [-0.3, -0.25) is 4.79 Å². The van der Waals surface area contributed by atoms with Crippen molar-refractivity contribution in [3.63, 3.8) is 0 Å². The van der Waals surface area contributed by atoms with Crippen molar-refractivity contribution in [2.75, 3.05) is 19.9 Å². The number of likely N-dealkylation sites (N-methyl/N-ethyl adjacent to an activating group) is 1. The number of carbonyl (C=O) groups is 1. The van der Waals surface area contributed by atoms with Crippen molar-refractivity contribution < 1.29 is 9.53 Å². The molecule has 21 heavy (non-hydrogen) atoms. The maximum Gasteiger partial charge on any atom is 0.256 e. The third-order valence-electron chi connectivity index (χ3n) is 3.57. The number of rotatable bonds is 5. The first-order valence-electron chi connectivity index (χ1n) is 6.76. The zero-order chi connectivity index (χ0) is 15.4. The number of nitrogens with two attached hydrogens (primary N) is 1. The third kappa shape index (κ3) is 3.36. The van der Waals surface area contributed by atoms with Crippen LogP contribution in [-0.4, -0.2) is 31.0 Å². The van der Waals surface area contributed by atoms with Crippen LogP contribution in [0.25, 0.3) is 0 Å². The van der Waals surface area contributed by atoms with Crippen molar-refractivity contribution in [3.05, 3.63) is 46.2 Å². The molecule has 0 radical (unpaired) electrons. The topological polar surface area (TPSA) is 55.6 Å². The van der Waals surface area contributed by atoms with Gasteiger partial charge in [0.25, 0.3) is 5.91 Å². The zero-order valence-corrected chi connectivity index (χ0v) is 13.3. The molecule has 1 aromatic carbocycles. The Kier molecular flexibility index (Phi) is 4.85. The molecule has 2 N–H and O–H groups in total. The Hall–Kier alpha value is -2.01. The molecular weight excluding hydrogens is 284 g/mol. The van der Waals surface area contributed by atoms with Crippen LogP contribution in [0.4, 0.5) is 5.69 Å². The molecule has 4 nitrogen and oxygen atoms in total. The van der Waals surface area contributed by atoms with Crippen LogP contribution in [0.2, 0.25) is 0 Å². The van der Waals surface area contributed by atoms with Gasteiger partial charge in [-0.2, -0.15) is 0 Å². The number of amides is 1. The number of carbonyl (C=O) groups excluding carboxylic acids is 1. The summed E-state index contributed by atoms with van der Waals surface area (Å²) in [6, 6.07) is 9.46. The number of methoxy groups -OCH3 is 1. The highest BCUT2D eigenvalue weighted by Crippen LogP contribution is 2.26. The van der Waals surface area contributed by atoms with Crippen molar-refractivity contribution in [2.24, 2.45) is 0 Å². The van der Waals surface area contributed by atoms with E-state index in [4.69, 9.17) is 10.5 Å².